The topological polar surface area (TPSA) is 62.5 Å². The van der Waals surface area contributed by atoms with Crippen molar-refractivity contribution in [2.24, 2.45) is 5.73 Å². The summed E-state index contributed by atoms with van der Waals surface area (Å²) in [5.41, 5.74) is 6.81. The van der Waals surface area contributed by atoms with Gasteiger partial charge in [0.2, 0.25) is 5.91 Å². The molecule has 1 aromatic heterocycles. The number of rotatable bonds is 3. The van der Waals surface area contributed by atoms with Crippen LogP contribution in [0.15, 0.2) is 24.5 Å². The highest BCUT2D eigenvalue weighted by Gasteiger charge is 2.28. The quantitative estimate of drug-likeness (QED) is 0.779. The second-order valence-corrected chi connectivity index (χ2v) is 4.43. The minimum Gasteiger partial charge on any atom is -0.336 e. The van der Waals surface area contributed by atoms with E-state index in [0.717, 1.165) is 5.56 Å². The SMILES string of the molecule is CN1CC(=O)N(Cc2ccncc2)CC1CN. The van der Waals surface area contributed by atoms with Crippen LogP contribution in [0.3, 0.4) is 0 Å². The molecule has 0 saturated carbocycles. The van der Waals surface area contributed by atoms with Crippen molar-refractivity contribution in [3.8, 4) is 0 Å². The lowest BCUT2D eigenvalue weighted by Gasteiger charge is -2.38. The predicted molar refractivity (Wildman–Crippen MR) is 65.1 cm³/mol. The first-order chi connectivity index (χ1) is 8.20. The molecule has 1 aromatic rings. The zero-order valence-corrected chi connectivity index (χ0v) is 10.0. The molecule has 1 aliphatic rings. The number of nitrogens with two attached hydrogens (primary N) is 1. The molecule has 0 bridgehead atoms. The van der Waals surface area contributed by atoms with Crippen LogP contribution >= 0.6 is 0 Å². The molecule has 5 heteroatoms. The molecule has 5 nitrogen and oxygen atoms in total. The summed E-state index contributed by atoms with van der Waals surface area (Å²) in [4.78, 5) is 19.8. The molecule has 1 atom stereocenters. The van der Waals surface area contributed by atoms with Gasteiger partial charge in [-0.05, 0) is 24.7 Å². The van der Waals surface area contributed by atoms with Crippen molar-refractivity contribution in [3.05, 3.63) is 30.1 Å². The monoisotopic (exact) mass is 234 g/mol. The molecule has 1 amide bonds. The fourth-order valence-electron chi connectivity index (χ4n) is 2.05. The van der Waals surface area contributed by atoms with Gasteiger partial charge < -0.3 is 10.6 Å². The third-order valence-electron chi connectivity index (χ3n) is 3.19. The molecule has 2 heterocycles. The number of aromatic nitrogens is 1. The Morgan fingerprint density at radius 2 is 2.18 bits per heavy atom. The smallest absolute Gasteiger partial charge is 0.237 e. The van der Waals surface area contributed by atoms with E-state index in [1.165, 1.54) is 0 Å². The summed E-state index contributed by atoms with van der Waals surface area (Å²) >= 11 is 0. The largest absolute Gasteiger partial charge is 0.336 e. The molecule has 0 radical (unpaired) electrons. The molecule has 0 spiro atoms. The van der Waals surface area contributed by atoms with Crippen LogP contribution in [-0.4, -0.2) is 53.4 Å². The average molecular weight is 234 g/mol. The lowest BCUT2D eigenvalue weighted by atomic mass is 10.1. The number of nitrogens with zero attached hydrogens (tertiary/aromatic N) is 3. The number of amides is 1. The maximum absolute atomic E-state index is 11.9. The van der Waals surface area contributed by atoms with E-state index < -0.39 is 0 Å². The van der Waals surface area contributed by atoms with E-state index in [9.17, 15) is 4.79 Å². The van der Waals surface area contributed by atoms with Crippen molar-refractivity contribution in [1.29, 1.82) is 0 Å². The number of carbonyl (C=O) groups is 1. The van der Waals surface area contributed by atoms with Gasteiger partial charge in [-0.2, -0.15) is 0 Å². The van der Waals surface area contributed by atoms with E-state index in [1.807, 2.05) is 29.0 Å². The Kier molecular flexibility index (Phi) is 3.71. The first-order valence-electron chi connectivity index (χ1n) is 5.77. The average Bonchev–Trinajstić information content (AvgIpc) is 2.34. The zero-order valence-electron chi connectivity index (χ0n) is 10.0. The predicted octanol–water partition coefficient (Wildman–Crippen LogP) is -0.317. The third-order valence-corrected chi connectivity index (χ3v) is 3.19. The first-order valence-corrected chi connectivity index (χ1v) is 5.77. The number of hydrogen-bond donors (Lipinski definition) is 1. The van der Waals surface area contributed by atoms with E-state index in [0.29, 0.717) is 26.2 Å². The van der Waals surface area contributed by atoms with Crippen molar-refractivity contribution < 1.29 is 4.79 Å². The summed E-state index contributed by atoms with van der Waals surface area (Å²) in [5.74, 6) is 0.161. The molecule has 1 aliphatic heterocycles. The van der Waals surface area contributed by atoms with Crippen molar-refractivity contribution in [1.82, 2.24) is 14.8 Å². The summed E-state index contributed by atoms with van der Waals surface area (Å²) in [6, 6.07) is 4.13. The van der Waals surface area contributed by atoms with Crippen LogP contribution in [0.1, 0.15) is 5.56 Å². The van der Waals surface area contributed by atoms with Crippen LogP contribution in [0, 0.1) is 0 Å². The van der Waals surface area contributed by atoms with E-state index in [-0.39, 0.29) is 11.9 Å². The lowest BCUT2D eigenvalue weighted by Crippen LogP contribution is -2.56. The highest BCUT2D eigenvalue weighted by Crippen LogP contribution is 2.11. The van der Waals surface area contributed by atoms with E-state index in [4.69, 9.17) is 5.73 Å². The van der Waals surface area contributed by atoms with Gasteiger partial charge in [0.05, 0.1) is 6.54 Å². The van der Waals surface area contributed by atoms with Crippen LogP contribution in [0.4, 0.5) is 0 Å². The molecule has 1 fully saturated rings. The van der Waals surface area contributed by atoms with Crippen molar-refractivity contribution in [2.75, 3.05) is 26.7 Å². The number of likely N-dealkylation sites (N-methyl/N-ethyl adjacent to an activating group) is 1. The van der Waals surface area contributed by atoms with Crippen molar-refractivity contribution in [3.63, 3.8) is 0 Å². The highest BCUT2D eigenvalue weighted by atomic mass is 16.2. The van der Waals surface area contributed by atoms with Gasteiger partial charge in [-0.1, -0.05) is 0 Å². The second kappa shape index (κ2) is 5.25. The minimum atomic E-state index is 0.161. The van der Waals surface area contributed by atoms with Gasteiger partial charge in [-0.3, -0.25) is 14.7 Å². The third kappa shape index (κ3) is 2.81. The van der Waals surface area contributed by atoms with E-state index in [1.54, 1.807) is 12.4 Å². The highest BCUT2D eigenvalue weighted by molar-refractivity contribution is 5.79. The van der Waals surface area contributed by atoms with Crippen LogP contribution in [0.2, 0.25) is 0 Å². The molecule has 17 heavy (non-hydrogen) atoms. The van der Waals surface area contributed by atoms with E-state index >= 15 is 0 Å². The van der Waals surface area contributed by atoms with Crippen LogP contribution in [0.5, 0.6) is 0 Å². The summed E-state index contributed by atoms with van der Waals surface area (Å²) in [6.07, 6.45) is 3.49. The van der Waals surface area contributed by atoms with Gasteiger partial charge in [0.1, 0.15) is 0 Å². The molecule has 1 unspecified atom stereocenters. The van der Waals surface area contributed by atoms with Gasteiger partial charge in [0.25, 0.3) is 0 Å². The number of piperazine rings is 1. The lowest BCUT2D eigenvalue weighted by molar-refractivity contribution is -0.138. The summed E-state index contributed by atoms with van der Waals surface area (Å²) in [6.45, 7) is 2.38. The molecular weight excluding hydrogens is 216 g/mol. The molecule has 0 aliphatic carbocycles. The van der Waals surface area contributed by atoms with Crippen molar-refractivity contribution in [2.45, 2.75) is 12.6 Å². The molecule has 1 saturated heterocycles. The first kappa shape index (κ1) is 12.0. The molecular formula is C12H18N4O. The Hall–Kier alpha value is -1.46. The Balaban J connectivity index is 2.03. The van der Waals surface area contributed by atoms with Crippen molar-refractivity contribution >= 4 is 5.91 Å². The molecule has 92 valence electrons. The maximum Gasteiger partial charge on any atom is 0.237 e. The second-order valence-electron chi connectivity index (χ2n) is 4.43. The zero-order chi connectivity index (χ0) is 12.3. The van der Waals surface area contributed by atoms with Crippen LogP contribution < -0.4 is 5.73 Å². The van der Waals surface area contributed by atoms with Gasteiger partial charge in [-0.15, -0.1) is 0 Å². The molecule has 2 N–H and O–H groups in total. The Labute approximate surface area is 101 Å². The van der Waals surface area contributed by atoms with Crippen LogP contribution in [0.25, 0.3) is 0 Å². The Morgan fingerprint density at radius 1 is 1.47 bits per heavy atom. The van der Waals surface area contributed by atoms with Gasteiger partial charge in [-0.25, -0.2) is 0 Å². The Bertz CT molecular complexity index is 381. The molecule has 2 rings (SSSR count). The minimum absolute atomic E-state index is 0.161. The van der Waals surface area contributed by atoms with E-state index in [2.05, 4.69) is 4.98 Å². The summed E-state index contributed by atoms with van der Waals surface area (Å²) in [7, 11) is 1.94. The number of hydrogen-bond acceptors (Lipinski definition) is 4. The van der Waals surface area contributed by atoms with Gasteiger partial charge in [0.15, 0.2) is 0 Å². The fraction of sp³-hybridized carbons (Fsp3) is 0.500. The summed E-state index contributed by atoms with van der Waals surface area (Å²) < 4.78 is 0. The van der Waals surface area contributed by atoms with Gasteiger partial charge >= 0.3 is 0 Å². The molecule has 0 aromatic carbocycles. The van der Waals surface area contributed by atoms with Gasteiger partial charge in [0, 0.05) is 38.1 Å². The number of pyridine rings is 1. The fourth-order valence-corrected chi connectivity index (χ4v) is 2.05. The van der Waals surface area contributed by atoms with Crippen LogP contribution in [-0.2, 0) is 11.3 Å². The standard InChI is InChI=1S/C12H18N4O/c1-15-9-12(17)16(8-11(15)6-13)7-10-2-4-14-5-3-10/h2-5,11H,6-9,13H2,1H3. The number of carbonyl (C=O) groups excluding carboxylic acids is 1. The normalized spacial score (nSPS) is 21.9. The Morgan fingerprint density at radius 3 is 2.82 bits per heavy atom. The maximum atomic E-state index is 11.9. The summed E-state index contributed by atoms with van der Waals surface area (Å²) in [5, 5.41) is 0.